The van der Waals surface area contributed by atoms with Crippen LogP contribution in [0.15, 0.2) is 71.9 Å². The van der Waals surface area contributed by atoms with E-state index in [4.69, 9.17) is 0 Å². The second kappa shape index (κ2) is 7.33. The van der Waals surface area contributed by atoms with E-state index in [2.05, 4.69) is 52.4 Å². The minimum Gasteiger partial charge on any atom is -0.293 e. The molecule has 0 saturated carbocycles. The summed E-state index contributed by atoms with van der Waals surface area (Å²) in [6, 6.07) is 22.6. The highest BCUT2D eigenvalue weighted by molar-refractivity contribution is 7.99. The summed E-state index contributed by atoms with van der Waals surface area (Å²) >= 11 is 1.36. The average molecular weight is 398 g/mol. The Morgan fingerprint density at radius 2 is 1.79 bits per heavy atom. The van der Waals surface area contributed by atoms with Crippen LogP contribution in [0.4, 0.5) is 0 Å². The third kappa shape index (κ3) is 3.49. The zero-order chi connectivity index (χ0) is 19.8. The van der Waals surface area contributed by atoms with Crippen LogP contribution in [-0.4, -0.2) is 26.7 Å². The molecule has 29 heavy (non-hydrogen) atoms. The summed E-state index contributed by atoms with van der Waals surface area (Å²) in [4.78, 5) is 17.2. The molecule has 1 N–H and O–H groups in total. The van der Waals surface area contributed by atoms with Gasteiger partial charge in [0.05, 0.1) is 5.75 Å². The normalized spacial score (nSPS) is 11.9. The second-order valence-electron chi connectivity index (χ2n) is 7.25. The predicted octanol–water partition coefficient (Wildman–Crippen LogP) is 5.33. The fourth-order valence-electron chi connectivity index (χ4n) is 3.68. The number of aryl methyl sites for hydroxylation is 1. The fourth-order valence-corrected chi connectivity index (χ4v) is 4.38. The van der Waals surface area contributed by atoms with Crippen molar-refractivity contribution in [3.8, 4) is 22.5 Å². The molecule has 4 nitrogen and oxygen atoms in total. The van der Waals surface area contributed by atoms with Crippen molar-refractivity contribution in [2.24, 2.45) is 0 Å². The first-order chi connectivity index (χ1) is 14.2. The summed E-state index contributed by atoms with van der Waals surface area (Å²) in [5.41, 5.74) is 8.00. The SMILES string of the molecule is Cc1ccc(-c2nc(SCC(=O)c3ccc4c(c3)Cc3ccccc3-4)n[nH]2)cc1. The number of hydrogen-bond acceptors (Lipinski definition) is 4. The standard InChI is InChI=1S/C24H19N3OS/c1-15-6-8-16(9-7-15)23-25-24(27-26-23)29-14-22(28)18-10-11-21-19(13-18)12-17-4-2-3-5-20(17)21/h2-11,13H,12,14H2,1H3,(H,25,26,27). The molecule has 1 aliphatic carbocycles. The quantitative estimate of drug-likeness (QED) is 0.322. The summed E-state index contributed by atoms with van der Waals surface area (Å²) < 4.78 is 0. The van der Waals surface area contributed by atoms with Crippen molar-refractivity contribution in [3.05, 3.63) is 89.0 Å². The zero-order valence-electron chi connectivity index (χ0n) is 16.0. The molecule has 4 aromatic rings. The van der Waals surface area contributed by atoms with E-state index in [-0.39, 0.29) is 5.78 Å². The highest BCUT2D eigenvalue weighted by Crippen LogP contribution is 2.36. The van der Waals surface area contributed by atoms with Gasteiger partial charge in [-0.15, -0.1) is 5.10 Å². The lowest BCUT2D eigenvalue weighted by Gasteiger charge is -2.04. The topological polar surface area (TPSA) is 58.6 Å². The van der Waals surface area contributed by atoms with E-state index in [0.29, 0.717) is 10.9 Å². The highest BCUT2D eigenvalue weighted by Gasteiger charge is 2.19. The Hall–Kier alpha value is -3.18. The van der Waals surface area contributed by atoms with Crippen molar-refractivity contribution in [1.29, 1.82) is 0 Å². The summed E-state index contributed by atoms with van der Waals surface area (Å²) in [7, 11) is 0. The summed E-state index contributed by atoms with van der Waals surface area (Å²) in [5, 5.41) is 7.78. The van der Waals surface area contributed by atoms with Gasteiger partial charge in [-0.1, -0.05) is 78.0 Å². The van der Waals surface area contributed by atoms with Gasteiger partial charge in [0.25, 0.3) is 0 Å². The van der Waals surface area contributed by atoms with Crippen molar-refractivity contribution in [2.45, 2.75) is 18.5 Å². The molecule has 0 bridgehead atoms. The molecule has 3 aromatic carbocycles. The molecule has 0 fully saturated rings. The summed E-state index contributed by atoms with van der Waals surface area (Å²) in [6.07, 6.45) is 0.889. The Kier molecular flexibility index (Phi) is 4.52. The Morgan fingerprint density at radius 3 is 2.66 bits per heavy atom. The van der Waals surface area contributed by atoms with Crippen molar-refractivity contribution in [2.75, 3.05) is 5.75 Å². The molecular formula is C24H19N3OS. The number of Topliss-reactive ketones (excluding diaryl/α,β-unsaturated/α-hetero) is 1. The van der Waals surface area contributed by atoms with Crippen LogP contribution < -0.4 is 0 Å². The minimum absolute atomic E-state index is 0.0930. The van der Waals surface area contributed by atoms with Crippen LogP contribution in [0.1, 0.15) is 27.0 Å². The van der Waals surface area contributed by atoms with Gasteiger partial charge in [-0.05, 0) is 41.7 Å². The van der Waals surface area contributed by atoms with Gasteiger partial charge < -0.3 is 0 Å². The number of benzene rings is 3. The van der Waals surface area contributed by atoms with E-state index in [1.165, 1.54) is 39.6 Å². The molecule has 0 radical (unpaired) electrons. The van der Waals surface area contributed by atoms with Crippen LogP contribution in [0.3, 0.4) is 0 Å². The number of nitrogens with zero attached hydrogens (tertiary/aromatic N) is 2. The number of thioether (sulfide) groups is 1. The number of carbonyl (C=O) groups is 1. The molecule has 0 atom stereocenters. The Bertz CT molecular complexity index is 1210. The van der Waals surface area contributed by atoms with E-state index in [0.717, 1.165) is 23.4 Å². The highest BCUT2D eigenvalue weighted by atomic mass is 32.2. The number of ketones is 1. The van der Waals surface area contributed by atoms with Gasteiger partial charge in [-0.3, -0.25) is 9.89 Å². The van der Waals surface area contributed by atoms with Gasteiger partial charge >= 0.3 is 0 Å². The van der Waals surface area contributed by atoms with Crippen molar-refractivity contribution in [3.63, 3.8) is 0 Å². The number of rotatable bonds is 5. The Labute approximate surface area is 173 Å². The lowest BCUT2D eigenvalue weighted by Crippen LogP contribution is -2.03. The van der Waals surface area contributed by atoms with Gasteiger partial charge in [0.1, 0.15) is 0 Å². The van der Waals surface area contributed by atoms with Crippen LogP contribution in [-0.2, 0) is 6.42 Å². The molecule has 1 heterocycles. The van der Waals surface area contributed by atoms with E-state index >= 15 is 0 Å². The van der Waals surface area contributed by atoms with E-state index in [1.54, 1.807) is 0 Å². The van der Waals surface area contributed by atoms with Crippen molar-refractivity contribution in [1.82, 2.24) is 15.2 Å². The summed E-state index contributed by atoms with van der Waals surface area (Å²) in [5.74, 6) is 1.13. The molecule has 0 amide bonds. The van der Waals surface area contributed by atoms with Gasteiger partial charge in [0.2, 0.25) is 5.16 Å². The fraction of sp³-hybridized carbons (Fsp3) is 0.125. The Morgan fingerprint density at radius 1 is 1.00 bits per heavy atom. The molecule has 0 unspecified atom stereocenters. The van der Waals surface area contributed by atoms with Crippen LogP contribution >= 0.6 is 11.8 Å². The molecule has 142 valence electrons. The number of H-pyrrole nitrogens is 1. The predicted molar refractivity (Wildman–Crippen MR) is 116 cm³/mol. The number of hydrogen-bond donors (Lipinski definition) is 1. The van der Waals surface area contributed by atoms with E-state index in [1.807, 2.05) is 36.4 Å². The maximum absolute atomic E-state index is 12.7. The van der Waals surface area contributed by atoms with Crippen LogP contribution in [0.5, 0.6) is 0 Å². The molecule has 1 aromatic heterocycles. The molecule has 5 heteroatoms. The largest absolute Gasteiger partial charge is 0.293 e. The van der Waals surface area contributed by atoms with Crippen LogP contribution in [0.25, 0.3) is 22.5 Å². The minimum atomic E-state index is 0.0930. The molecule has 1 aliphatic rings. The lowest BCUT2D eigenvalue weighted by atomic mass is 10.0. The number of fused-ring (bicyclic) bond motifs is 3. The van der Waals surface area contributed by atoms with Gasteiger partial charge in [-0.25, -0.2) is 4.98 Å². The number of aromatic amines is 1. The number of aromatic nitrogens is 3. The number of carbonyl (C=O) groups excluding carboxylic acids is 1. The maximum atomic E-state index is 12.7. The molecule has 0 aliphatic heterocycles. The summed E-state index contributed by atoms with van der Waals surface area (Å²) in [6.45, 7) is 2.05. The molecular weight excluding hydrogens is 378 g/mol. The lowest BCUT2D eigenvalue weighted by molar-refractivity contribution is 0.102. The van der Waals surface area contributed by atoms with Crippen LogP contribution in [0.2, 0.25) is 0 Å². The van der Waals surface area contributed by atoms with Crippen molar-refractivity contribution >= 4 is 17.5 Å². The number of nitrogens with one attached hydrogen (secondary N) is 1. The van der Waals surface area contributed by atoms with E-state index < -0.39 is 0 Å². The maximum Gasteiger partial charge on any atom is 0.209 e. The smallest absolute Gasteiger partial charge is 0.209 e. The zero-order valence-corrected chi connectivity index (χ0v) is 16.8. The first kappa shape index (κ1) is 17.9. The van der Waals surface area contributed by atoms with Crippen LogP contribution in [0, 0.1) is 6.92 Å². The van der Waals surface area contributed by atoms with Gasteiger partial charge in [0.15, 0.2) is 11.6 Å². The van der Waals surface area contributed by atoms with Gasteiger partial charge in [-0.2, -0.15) is 0 Å². The monoisotopic (exact) mass is 397 g/mol. The third-order valence-electron chi connectivity index (χ3n) is 5.24. The Balaban J connectivity index is 1.27. The molecule has 5 rings (SSSR count). The second-order valence-corrected chi connectivity index (χ2v) is 8.19. The van der Waals surface area contributed by atoms with Crippen molar-refractivity contribution < 1.29 is 4.79 Å². The average Bonchev–Trinajstić information content (AvgIpc) is 3.36. The third-order valence-corrected chi connectivity index (χ3v) is 6.09. The first-order valence-corrected chi connectivity index (χ1v) is 10.5. The first-order valence-electron chi connectivity index (χ1n) is 9.54. The molecule has 0 spiro atoms. The van der Waals surface area contributed by atoms with E-state index in [9.17, 15) is 4.79 Å². The molecule has 0 saturated heterocycles. The van der Waals surface area contributed by atoms with Gasteiger partial charge in [0, 0.05) is 11.1 Å².